The van der Waals surface area contributed by atoms with Crippen molar-refractivity contribution in [3.8, 4) is 0 Å². The lowest BCUT2D eigenvalue weighted by molar-refractivity contribution is 0.470. The minimum atomic E-state index is 0.452. The van der Waals surface area contributed by atoms with Gasteiger partial charge in [-0.1, -0.05) is 92.7 Å². The molecule has 4 rings (SSSR count). The Morgan fingerprint density at radius 2 is 0.923 bits per heavy atom. The van der Waals surface area contributed by atoms with Gasteiger partial charge >= 0.3 is 0 Å². The third-order valence-electron chi connectivity index (χ3n) is 6.13. The first-order valence-corrected chi connectivity index (χ1v) is 9.67. The first kappa shape index (κ1) is 16.9. The van der Waals surface area contributed by atoms with Crippen molar-refractivity contribution in [3.05, 3.63) is 102 Å². The number of hydrogen-bond acceptors (Lipinski definition) is 1. The summed E-state index contributed by atoms with van der Waals surface area (Å²) in [6.45, 7) is 4.83. The maximum absolute atomic E-state index is 3.84. The predicted octanol–water partition coefficient (Wildman–Crippen LogP) is 6.32. The summed E-state index contributed by atoms with van der Waals surface area (Å²) in [4.78, 5) is 0. The van der Waals surface area contributed by atoms with Gasteiger partial charge in [0.1, 0.15) is 0 Å². The van der Waals surface area contributed by atoms with Crippen LogP contribution in [0.1, 0.15) is 36.8 Å². The van der Waals surface area contributed by atoms with Gasteiger partial charge in [-0.2, -0.15) is 0 Å². The Hall–Kier alpha value is -2.54. The van der Waals surface area contributed by atoms with Gasteiger partial charge in [-0.25, -0.2) is 0 Å². The van der Waals surface area contributed by atoms with Gasteiger partial charge in [-0.05, 0) is 46.9 Å². The van der Waals surface area contributed by atoms with Gasteiger partial charge < -0.3 is 5.32 Å². The molecule has 0 aliphatic heterocycles. The van der Waals surface area contributed by atoms with Crippen LogP contribution in [0.4, 0.5) is 5.69 Å². The molecule has 0 spiro atoms. The molecule has 3 unspecified atom stereocenters. The lowest BCUT2D eigenvalue weighted by atomic mass is 9.78. The predicted molar refractivity (Wildman–Crippen MR) is 111 cm³/mol. The van der Waals surface area contributed by atoms with Crippen molar-refractivity contribution in [2.45, 2.75) is 31.7 Å². The quantitative estimate of drug-likeness (QED) is 0.585. The number of para-hydroxylation sites is 1. The SMILES string of the molecule is CC1C(c2ccccc2)[C@@H](c2ccccc2)C(C)[C@H]1Nc1ccccc1. The van der Waals surface area contributed by atoms with E-state index in [-0.39, 0.29) is 0 Å². The molecule has 0 saturated heterocycles. The maximum Gasteiger partial charge on any atom is 0.0342 e. The molecule has 1 aliphatic carbocycles. The zero-order valence-electron chi connectivity index (χ0n) is 15.5. The van der Waals surface area contributed by atoms with Crippen LogP contribution in [-0.2, 0) is 0 Å². The Bertz CT molecular complexity index is 761. The summed E-state index contributed by atoms with van der Waals surface area (Å²) in [5.41, 5.74) is 4.13. The van der Waals surface area contributed by atoms with E-state index in [1.54, 1.807) is 0 Å². The van der Waals surface area contributed by atoms with E-state index in [2.05, 4.69) is 110 Å². The van der Waals surface area contributed by atoms with Crippen molar-refractivity contribution in [2.75, 3.05) is 5.32 Å². The molecule has 1 N–H and O–H groups in total. The van der Waals surface area contributed by atoms with Crippen LogP contribution in [-0.4, -0.2) is 6.04 Å². The van der Waals surface area contributed by atoms with Crippen LogP contribution in [0.3, 0.4) is 0 Å². The molecule has 0 aromatic heterocycles. The van der Waals surface area contributed by atoms with Crippen molar-refractivity contribution < 1.29 is 0 Å². The van der Waals surface area contributed by atoms with E-state index in [0.717, 1.165) is 0 Å². The Morgan fingerprint density at radius 1 is 0.538 bits per heavy atom. The average Bonchev–Trinajstić information content (AvgIpc) is 2.95. The van der Waals surface area contributed by atoms with E-state index < -0.39 is 0 Å². The fourth-order valence-electron chi connectivity index (χ4n) is 4.94. The van der Waals surface area contributed by atoms with Crippen molar-refractivity contribution >= 4 is 5.69 Å². The number of anilines is 1. The fourth-order valence-corrected chi connectivity index (χ4v) is 4.94. The van der Waals surface area contributed by atoms with Gasteiger partial charge in [0.25, 0.3) is 0 Å². The van der Waals surface area contributed by atoms with E-state index in [1.165, 1.54) is 16.8 Å². The molecule has 1 aliphatic rings. The summed E-state index contributed by atoms with van der Waals surface area (Å²) < 4.78 is 0. The summed E-state index contributed by atoms with van der Waals surface area (Å²) in [5, 5.41) is 3.84. The Balaban J connectivity index is 1.72. The van der Waals surface area contributed by atoms with Gasteiger partial charge in [0.05, 0.1) is 0 Å². The molecule has 26 heavy (non-hydrogen) atoms. The molecule has 0 heterocycles. The molecule has 0 radical (unpaired) electrons. The molecule has 1 fully saturated rings. The lowest BCUT2D eigenvalue weighted by Crippen LogP contribution is -2.29. The summed E-state index contributed by atoms with van der Waals surface area (Å²) in [5.74, 6) is 2.15. The summed E-state index contributed by atoms with van der Waals surface area (Å²) in [6.07, 6.45) is 0. The van der Waals surface area contributed by atoms with Crippen LogP contribution < -0.4 is 5.32 Å². The average molecular weight is 341 g/mol. The lowest BCUT2D eigenvalue weighted by Gasteiger charge is -2.25. The number of rotatable bonds is 4. The molecule has 5 atom stereocenters. The highest BCUT2D eigenvalue weighted by atomic mass is 14.9. The molecule has 0 bridgehead atoms. The Labute approximate surface area is 157 Å². The van der Waals surface area contributed by atoms with Crippen molar-refractivity contribution in [1.29, 1.82) is 0 Å². The summed E-state index contributed by atoms with van der Waals surface area (Å²) in [6, 6.07) is 33.2. The highest BCUT2D eigenvalue weighted by molar-refractivity contribution is 5.46. The number of hydrogen-bond donors (Lipinski definition) is 1. The highest BCUT2D eigenvalue weighted by Crippen LogP contribution is 2.53. The van der Waals surface area contributed by atoms with Crippen LogP contribution in [0, 0.1) is 11.8 Å². The van der Waals surface area contributed by atoms with Gasteiger partial charge in [-0.15, -0.1) is 0 Å². The third-order valence-corrected chi connectivity index (χ3v) is 6.13. The topological polar surface area (TPSA) is 12.0 Å². The van der Waals surface area contributed by atoms with Crippen molar-refractivity contribution in [2.24, 2.45) is 11.8 Å². The second-order valence-corrected chi connectivity index (χ2v) is 7.63. The zero-order chi connectivity index (χ0) is 17.9. The standard InChI is InChI=1S/C25H27N/c1-18-23(20-12-6-3-7-13-20)24(21-14-8-4-9-15-21)19(2)25(18)26-22-16-10-5-11-17-22/h3-19,23-26H,1-2H3/t18?,19?,23-,24?,25-/m1/s1. The third kappa shape index (κ3) is 3.14. The number of benzene rings is 3. The Kier molecular flexibility index (Phi) is 4.79. The minimum absolute atomic E-state index is 0.452. The van der Waals surface area contributed by atoms with Gasteiger partial charge in [0.15, 0.2) is 0 Å². The van der Waals surface area contributed by atoms with Gasteiger partial charge in [-0.3, -0.25) is 0 Å². The molecule has 1 nitrogen and oxygen atoms in total. The van der Waals surface area contributed by atoms with Crippen LogP contribution in [0.15, 0.2) is 91.0 Å². The molecule has 3 aromatic rings. The molecule has 3 aromatic carbocycles. The fraction of sp³-hybridized carbons (Fsp3) is 0.280. The normalized spacial score (nSPS) is 28.0. The van der Waals surface area contributed by atoms with E-state index in [9.17, 15) is 0 Å². The zero-order valence-corrected chi connectivity index (χ0v) is 15.5. The van der Waals surface area contributed by atoms with Crippen molar-refractivity contribution in [1.82, 2.24) is 0 Å². The first-order valence-electron chi connectivity index (χ1n) is 9.67. The summed E-state index contributed by atoms with van der Waals surface area (Å²) in [7, 11) is 0. The van der Waals surface area contributed by atoms with E-state index in [1.807, 2.05) is 0 Å². The number of nitrogens with one attached hydrogen (secondary N) is 1. The molecular formula is C25H27N. The first-order chi connectivity index (χ1) is 12.8. The monoisotopic (exact) mass is 341 g/mol. The Morgan fingerprint density at radius 3 is 1.35 bits per heavy atom. The molecule has 1 heteroatoms. The van der Waals surface area contributed by atoms with Crippen LogP contribution in [0.25, 0.3) is 0 Å². The smallest absolute Gasteiger partial charge is 0.0342 e. The largest absolute Gasteiger partial charge is 0.382 e. The second kappa shape index (κ2) is 7.37. The summed E-state index contributed by atoms with van der Waals surface area (Å²) >= 11 is 0. The van der Waals surface area contributed by atoms with Crippen molar-refractivity contribution in [3.63, 3.8) is 0 Å². The van der Waals surface area contributed by atoms with E-state index in [0.29, 0.717) is 29.7 Å². The van der Waals surface area contributed by atoms with E-state index in [4.69, 9.17) is 0 Å². The molecular weight excluding hydrogens is 314 g/mol. The molecule has 1 saturated carbocycles. The minimum Gasteiger partial charge on any atom is -0.382 e. The van der Waals surface area contributed by atoms with Gasteiger partial charge in [0, 0.05) is 11.7 Å². The van der Waals surface area contributed by atoms with Crippen LogP contribution in [0.5, 0.6) is 0 Å². The van der Waals surface area contributed by atoms with Crippen LogP contribution >= 0.6 is 0 Å². The maximum atomic E-state index is 3.84. The van der Waals surface area contributed by atoms with E-state index >= 15 is 0 Å². The molecule has 132 valence electrons. The highest BCUT2D eigenvalue weighted by Gasteiger charge is 2.47. The second-order valence-electron chi connectivity index (χ2n) is 7.63. The van der Waals surface area contributed by atoms with Gasteiger partial charge in [0.2, 0.25) is 0 Å². The molecule has 0 amide bonds. The van der Waals surface area contributed by atoms with Crippen LogP contribution in [0.2, 0.25) is 0 Å².